The average Bonchev–Trinajstić information content (AvgIpc) is 2.95. The number of anilines is 1. The number of nitrogens with zero attached hydrogens (tertiary/aromatic N) is 4. The number of hydrogen-bond donors (Lipinski definition) is 0. The molecule has 7 heteroatoms. The molecule has 1 aliphatic rings. The van der Waals surface area contributed by atoms with E-state index in [1.165, 1.54) is 0 Å². The molecule has 1 aromatic heterocycles. The number of fused-ring (bicyclic) bond motifs is 1. The van der Waals surface area contributed by atoms with Gasteiger partial charge in [-0.3, -0.25) is 14.7 Å². The number of rotatable bonds is 6. The molecule has 0 bridgehead atoms. The monoisotopic (exact) mass is 444 g/mol. The fraction of sp³-hybridized carbons (Fsp3) is 0.280. The summed E-state index contributed by atoms with van der Waals surface area (Å²) < 4.78 is 5.92. The zero-order chi connectivity index (χ0) is 22.9. The first-order chi connectivity index (χ1) is 15.3. The predicted molar refractivity (Wildman–Crippen MR) is 130 cm³/mol. The lowest BCUT2D eigenvalue weighted by molar-refractivity contribution is -0.123. The van der Waals surface area contributed by atoms with E-state index in [1.54, 1.807) is 23.2 Å². The molecule has 1 aliphatic heterocycles. The Bertz CT molecular complexity index is 1250. The van der Waals surface area contributed by atoms with Gasteiger partial charge in [0, 0.05) is 29.9 Å². The summed E-state index contributed by atoms with van der Waals surface area (Å²) in [5, 5.41) is 1.55. The van der Waals surface area contributed by atoms with Crippen LogP contribution in [0.2, 0.25) is 0 Å². The Morgan fingerprint density at radius 3 is 2.75 bits per heavy atom. The van der Waals surface area contributed by atoms with E-state index in [2.05, 4.69) is 9.83 Å². The molecule has 2 aromatic carbocycles. The summed E-state index contributed by atoms with van der Waals surface area (Å²) >= 11 is 5.69. The van der Waals surface area contributed by atoms with E-state index in [9.17, 15) is 4.79 Å². The van der Waals surface area contributed by atoms with Crippen LogP contribution in [0.1, 0.15) is 25.8 Å². The van der Waals surface area contributed by atoms with Crippen molar-refractivity contribution in [2.24, 2.45) is 0 Å². The number of carbonyl (C=O) groups excluding carboxylic acids is 1. The lowest BCUT2D eigenvalue weighted by Crippen LogP contribution is -2.44. The SMILES string of the molecule is [C-]#[N+]c1ccc(N2C(=O)C(C)(C)N(CCCOc3ccc4cccnc4c3)C2=S)cc1C. The van der Waals surface area contributed by atoms with Crippen LogP contribution < -0.4 is 9.64 Å². The van der Waals surface area contributed by atoms with Crippen molar-refractivity contribution in [1.82, 2.24) is 9.88 Å². The summed E-state index contributed by atoms with van der Waals surface area (Å²) in [6.45, 7) is 14.0. The smallest absolute Gasteiger partial charge is 0.258 e. The molecular weight excluding hydrogens is 420 g/mol. The van der Waals surface area contributed by atoms with Gasteiger partial charge in [0.1, 0.15) is 11.3 Å². The summed E-state index contributed by atoms with van der Waals surface area (Å²) in [6, 6.07) is 15.1. The Morgan fingerprint density at radius 2 is 2.00 bits per heavy atom. The van der Waals surface area contributed by atoms with Gasteiger partial charge in [0.2, 0.25) is 0 Å². The highest BCUT2D eigenvalue weighted by atomic mass is 32.1. The number of thiocarbonyl (C=S) groups is 1. The first-order valence-corrected chi connectivity index (χ1v) is 10.9. The van der Waals surface area contributed by atoms with E-state index >= 15 is 0 Å². The van der Waals surface area contributed by atoms with E-state index in [0.717, 1.165) is 22.2 Å². The first kappa shape index (κ1) is 21.7. The van der Waals surface area contributed by atoms with Gasteiger partial charge in [-0.25, -0.2) is 4.85 Å². The number of hydrogen-bond acceptors (Lipinski definition) is 4. The lowest BCUT2D eigenvalue weighted by atomic mass is 10.0. The fourth-order valence-electron chi connectivity index (χ4n) is 3.89. The summed E-state index contributed by atoms with van der Waals surface area (Å²) in [7, 11) is 0. The van der Waals surface area contributed by atoms with Gasteiger partial charge >= 0.3 is 0 Å². The van der Waals surface area contributed by atoms with E-state index in [0.29, 0.717) is 36.1 Å². The predicted octanol–water partition coefficient (Wildman–Crippen LogP) is 5.28. The van der Waals surface area contributed by atoms with Gasteiger partial charge in [-0.1, -0.05) is 12.1 Å². The standard InChI is InChI=1S/C25H24N4O2S/c1-17-15-19(9-11-21(17)26-4)29-23(30)25(2,3)28(24(29)32)13-6-14-31-20-10-8-18-7-5-12-27-22(18)16-20/h5,7-12,15-16H,6,13-14H2,1-3H3. The minimum Gasteiger partial charge on any atom is -0.493 e. The normalized spacial score (nSPS) is 15.3. The maximum absolute atomic E-state index is 13.2. The molecule has 0 radical (unpaired) electrons. The van der Waals surface area contributed by atoms with Crippen molar-refractivity contribution in [2.45, 2.75) is 32.7 Å². The van der Waals surface area contributed by atoms with E-state index in [1.807, 2.05) is 62.1 Å². The second-order valence-corrected chi connectivity index (χ2v) is 8.64. The summed E-state index contributed by atoms with van der Waals surface area (Å²) in [5.74, 6) is 0.700. The number of carbonyl (C=O) groups is 1. The van der Waals surface area contributed by atoms with Crippen molar-refractivity contribution in [3.63, 3.8) is 0 Å². The van der Waals surface area contributed by atoms with Gasteiger partial charge in [0.25, 0.3) is 5.91 Å². The number of aromatic nitrogens is 1. The second kappa shape index (κ2) is 8.56. The minimum absolute atomic E-state index is 0.0704. The Morgan fingerprint density at radius 1 is 1.19 bits per heavy atom. The van der Waals surface area contributed by atoms with Gasteiger partial charge in [0.15, 0.2) is 10.8 Å². The molecule has 0 N–H and O–H groups in total. The van der Waals surface area contributed by atoms with Crippen molar-refractivity contribution in [3.8, 4) is 5.75 Å². The second-order valence-electron chi connectivity index (χ2n) is 8.28. The van der Waals surface area contributed by atoms with Gasteiger partial charge in [-0.15, -0.1) is 0 Å². The van der Waals surface area contributed by atoms with Crippen LogP contribution in [0, 0.1) is 13.5 Å². The fourth-order valence-corrected chi connectivity index (χ4v) is 4.40. The molecule has 2 heterocycles. The summed E-state index contributed by atoms with van der Waals surface area (Å²) in [4.78, 5) is 24.6. The molecule has 3 aromatic rings. The quantitative estimate of drug-likeness (QED) is 0.294. The molecule has 32 heavy (non-hydrogen) atoms. The number of ether oxygens (including phenoxy) is 1. The third kappa shape index (κ3) is 3.90. The van der Waals surface area contributed by atoms with Crippen LogP contribution in [0.5, 0.6) is 5.75 Å². The van der Waals surface area contributed by atoms with Gasteiger partial charge < -0.3 is 9.64 Å². The molecule has 0 saturated carbocycles. The molecule has 0 aliphatic carbocycles. The molecule has 6 nitrogen and oxygen atoms in total. The maximum atomic E-state index is 13.2. The Kier molecular flexibility index (Phi) is 5.81. The topological polar surface area (TPSA) is 50.0 Å². The third-order valence-corrected chi connectivity index (χ3v) is 6.16. The Balaban J connectivity index is 1.42. The van der Waals surface area contributed by atoms with Crippen molar-refractivity contribution in [1.29, 1.82) is 0 Å². The van der Waals surface area contributed by atoms with Crippen LogP contribution in [-0.4, -0.2) is 39.6 Å². The molecule has 4 rings (SSSR count). The Hall–Kier alpha value is -3.50. The number of benzene rings is 2. The average molecular weight is 445 g/mol. The summed E-state index contributed by atoms with van der Waals surface area (Å²) in [6.07, 6.45) is 2.47. The lowest BCUT2D eigenvalue weighted by Gasteiger charge is -2.29. The first-order valence-electron chi connectivity index (χ1n) is 10.4. The van der Waals surface area contributed by atoms with Crippen molar-refractivity contribution < 1.29 is 9.53 Å². The molecule has 0 spiro atoms. The highest BCUT2D eigenvalue weighted by molar-refractivity contribution is 7.80. The van der Waals surface area contributed by atoms with E-state index in [-0.39, 0.29) is 5.91 Å². The van der Waals surface area contributed by atoms with Crippen LogP contribution in [0.25, 0.3) is 15.7 Å². The van der Waals surface area contributed by atoms with Gasteiger partial charge in [-0.05, 0) is 75.3 Å². The summed E-state index contributed by atoms with van der Waals surface area (Å²) in [5.41, 5.74) is 2.23. The maximum Gasteiger partial charge on any atom is 0.258 e. The van der Waals surface area contributed by atoms with Crippen molar-refractivity contribution in [3.05, 3.63) is 71.7 Å². The third-order valence-electron chi connectivity index (χ3n) is 5.75. The number of amides is 1. The van der Waals surface area contributed by atoms with Crippen LogP contribution in [0.15, 0.2) is 54.7 Å². The van der Waals surface area contributed by atoms with Crippen molar-refractivity contribution >= 4 is 45.5 Å². The zero-order valence-corrected chi connectivity index (χ0v) is 19.1. The van der Waals surface area contributed by atoms with Gasteiger partial charge in [0.05, 0.1) is 18.7 Å². The number of pyridine rings is 1. The molecule has 0 unspecified atom stereocenters. The highest BCUT2D eigenvalue weighted by Gasteiger charge is 2.49. The Labute approximate surface area is 193 Å². The van der Waals surface area contributed by atoms with Crippen LogP contribution >= 0.6 is 12.2 Å². The molecule has 162 valence electrons. The molecular formula is C25H24N4O2S. The van der Waals surface area contributed by atoms with Crippen LogP contribution in [0.3, 0.4) is 0 Å². The van der Waals surface area contributed by atoms with Crippen LogP contribution in [0.4, 0.5) is 11.4 Å². The molecule has 1 amide bonds. The van der Waals surface area contributed by atoms with E-state index in [4.69, 9.17) is 23.5 Å². The molecule has 1 saturated heterocycles. The van der Waals surface area contributed by atoms with Crippen LogP contribution in [-0.2, 0) is 4.79 Å². The van der Waals surface area contributed by atoms with Crippen molar-refractivity contribution in [2.75, 3.05) is 18.1 Å². The zero-order valence-electron chi connectivity index (χ0n) is 18.3. The molecule has 0 atom stereocenters. The highest BCUT2D eigenvalue weighted by Crippen LogP contribution is 2.34. The van der Waals surface area contributed by atoms with E-state index < -0.39 is 5.54 Å². The minimum atomic E-state index is -0.754. The largest absolute Gasteiger partial charge is 0.493 e. The van der Waals surface area contributed by atoms with Gasteiger partial charge in [-0.2, -0.15) is 0 Å². The molecule has 1 fully saturated rings. The number of aryl methyl sites for hydroxylation is 1.